The lowest BCUT2D eigenvalue weighted by Gasteiger charge is -2.27. The van der Waals surface area contributed by atoms with Crippen LogP contribution in [0, 0.1) is 11.3 Å². The molecule has 0 unspecified atom stereocenters. The fourth-order valence-electron chi connectivity index (χ4n) is 3.88. The molecule has 0 aliphatic carbocycles. The molecule has 0 bridgehead atoms. The first kappa shape index (κ1) is 20.8. The quantitative estimate of drug-likeness (QED) is 0.461. The van der Waals surface area contributed by atoms with Gasteiger partial charge in [-0.25, -0.2) is 4.98 Å². The summed E-state index contributed by atoms with van der Waals surface area (Å²) in [6.07, 6.45) is 2.27. The molecule has 6 N–H and O–H groups in total. The van der Waals surface area contributed by atoms with E-state index in [1.807, 2.05) is 6.07 Å². The van der Waals surface area contributed by atoms with Crippen molar-refractivity contribution in [3.63, 3.8) is 0 Å². The number of rotatable bonds is 5. The Kier molecular flexibility index (Phi) is 5.88. The summed E-state index contributed by atoms with van der Waals surface area (Å²) in [6, 6.07) is 7.23. The van der Waals surface area contributed by atoms with Gasteiger partial charge in [-0.1, -0.05) is 17.7 Å². The Labute approximate surface area is 183 Å². The van der Waals surface area contributed by atoms with Gasteiger partial charge in [0, 0.05) is 19.5 Å². The molecule has 160 valence electrons. The number of nitrogens with two attached hydrogens (primary N) is 2. The fraction of sp³-hybridized carbons (Fsp3) is 0.350. The highest BCUT2D eigenvalue weighted by atomic mass is 35.5. The molecule has 0 amide bonds. The van der Waals surface area contributed by atoms with Crippen molar-refractivity contribution in [2.75, 3.05) is 36.4 Å². The van der Waals surface area contributed by atoms with Crippen LogP contribution in [-0.4, -0.2) is 39.2 Å². The van der Waals surface area contributed by atoms with Crippen molar-refractivity contribution >= 4 is 40.1 Å². The van der Waals surface area contributed by atoms with Crippen molar-refractivity contribution in [2.24, 2.45) is 0 Å². The average Bonchev–Trinajstić information content (AvgIpc) is 2.74. The van der Waals surface area contributed by atoms with Gasteiger partial charge in [0.2, 0.25) is 5.95 Å². The van der Waals surface area contributed by atoms with Gasteiger partial charge in [0.25, 0.3) is 5.56 Å². The van der Waals surface area contributed by atoms with E-state index in [2.05, 4.69) is 20.6 Å². The number of nitrogen functional groups attached to an aromatic ring is 2. The lowest BCUT2D eigenvalue weighted by molar-refractivity contribution is 0.354. The molecule has 3 aromatic rings. The molecule has 1 fully saturated rings. The van der Waals surface area contributed by atoms with Gasteiger partial charge in [0.05, 0.1) is 22.0 Å². The molecule has 4 rings (SSSR count). The largest absolute Gasteiger partial charge is 0.382 e. The highest BCUT2D eigenvalue weighted by Gasteiger charge is 2.22. The van der Waals surface area contributed by atoms with E-state index in [1.165, 1.54) is 0 Å². The Morgan fingerprint density at radius 2 is 2.16 bits per heavy atom. The van der Waals surface area contributed by atoms with E-state index in [1.54, 1.807) is 22.8 Å². The van der Waals surface area contributed by atoms with Gasteiger partial charge >= 0.3 is 0 Å². The second-order valence-electron chi connectivity index (χ2n) is 7.32. The molecule has 2 aromatic heterocycles. The van der Waals surface area contributed by atoms with E-state index < -0.39 is 0 Å². The molecule has 31 heavy (non-hydrogen) atoms. The number of halogens is 1. The van der Waals surface area contributed by atoms with E-state index >= 15 is 0 Å². The van der Waals surface area contributed by atoms with Gasteiger partial charge in [-0.05, 0) is 31.5 Å². The summed E-state index contributed by atoms with van der Waals surface area (Å²) in [4.78, 5) is 26.0. The molecule has 11 heteroatoms. The van der Waals surface area contributed by atoms with Gasteiger partial charge < -0.3 is 22.1 Å². The summed E-state index contributed by atoms with van der Waals surface area (Å²) >= 11 is 6.32. The zero-order chi connectivity index (χ0) is 22.0. The molecule has 0 spiro atoms. The topological polar surface area (TPSA) is 161 Å². The number of anilines is 3. The molecule has 0 saturated carbocycles. The van der Waals surface area contributed by atoms with E-state index in [0.29, 0.717) is 41.3 Å². The molecule has 1 aliphatic heterocycles. The van der Waals surface area contributed by atoms with Crippen molar-refractivity contribution in [3.8, 4) is 6.07 Å². The van der Waals surface area contributed by atoms with Crippen molar-refractivity contribution in [2.45, 2.75) is 25.3 Å². The first-order valence-electron chi connectivity index (χ1n) is 9.97. The van der Waals surface area contributed by atoms with Gasteiger partial charge in [0.15, 0.2) is 5.82 Å². The van der Waals surface area contributed by atoms with Gasteiger partial charge in [-0.2, -0.15) is 15.2 Å². The molecule has 10 nitrogen and oxygen atoms in total. The number of piperidine rings is 1. The smallest absolute Gasteiger partial charge is 0.263 e. The third-order valence-corrected chi connectivity index (χ3v) is 5.61. The molecular formula is C20H22ClN9O. The standard InChI is InChI=1S/C20H22ClN9O/c21-13-4-1-5-14-16(13)19(31)30(11-3-2-7-25-10-11)15(27-14)6-8-26-18-12(9-22)17(23)28-20(24)29-18/h1,4-5,11,25H,2-3,6-8,10H2,(H5,23,24,26,28,29)/t11-/m0/s1. The zero-order valence-corrected chi connectivity index (χ0v) is 17.5. The van der Waals surface area contributed by atoms with E-state index in [9.17, 15) is 10.1 Å². The van der Waals surface area contributed by atoms with E-state index in [0.717, 1.165) is 19.4 Å². The third kappa shape index (κ3) is 4.10. The van der Waals surface area contributed by atoms with Crippen LogP contribution >= 0.6 is 11.6 Å². The van der Waals surface area contributed by atoms with Crippen molar-refractivity contribution < 1.29 is 0 Å². The minimum atomic E-state index is -0.146. The minimum Gasteiger partial charge on any atom is -0.382 e. The molecular weight excluding hydrogens is 418 g/mol. The van der Waals surface area contributed by atoms with Gasteiger partial charge in [-0.3, -0.25) is 9.36 Å². The number of nitrogens with zero attached hydrogens (tertiary/aromatic N) is 5. The number of aromatic nitrogens is 4. The maximum Gasteiger partial charge on any atom is 0.263 e. The molecule has 0 radical (unpaired) electrons. The summed E-state index contributed by atoms with van der Waals surface area (Å²) < 4.78 is 1.75. The summed E-state index contributed by atoms with van der Waals surface area (Å²) in [5.41, 5.74) is 12.0. The second-order valence-corrected chi connectivity index (χ2v) is 7.72. The molecule has 1 atom stereocenters. The predicted molar refractivity (Wildman–Crippen MR) is 120 cm³/mol. The molecule has 1 aromatic carbocycles. The van der Waals surface area contributed by atoms with Crippen LogP contribution in [0.25, 0.3) is 10.9 Å². The number of hydrogen-bond donors (Lipinski definition) is 4. The predicted octanol–water partition coefficient (Wildman–Crippen LogP) is 1.46. The van der Waals surface area contributed by atoms with Crippen molar-refractivity contribution in [3.05, 3.63) is 45.0 Å². The summed E-state index contributed by atoms with van der Waals surface area (Å²) in [5, 5.41) is 16.6. The van der Waals surface area contributed by atoms with Crippen LogP contribution in [0.1, 0.15) is 30.3 Å². The molecule has 1 aliphatic rings. The lowest BCUT2D eigenvalue weighted by Crippen LogP contribution is -2.39. The van der Waals surface area contributed by atoms with Crippen molar-refractivity contribution in [1.82, 2.24) is 24.8 Å². The van der Waals surface area contributed by atoms with E-state index in [-0.39, 0.29) is 34.7 Å². The Balaban J connectivity index is 1.69. The Morgan fingerprint density at radius 1 is 1.32 bits per heavy atom. The summed E-state index contributed by atoms with van der Waals surface area (Å²) in [5.74, 6) is 0.878. The first-order chi connectivity index (χ1) is 15.0. The summed E-state index contributed by atoms with van der Waals surface area (Å²) in [7, 11) is 0. The van der Waals surface area contributed by atoms with Gasteiger partial charge in [0.1, 0.15) is 23.3 Å². The maximum absolute atomic E-state index is 13.4. The SMILES string of the molecule is N#Cc1c(N)nc(N)nc1NCCc1nc2cccc(Cl)c2c(=O)n1[C@H]1CCCNC1. The molecule has 1 saturated heterocycles. The van der Waals surface area contributed by atoms with Crippen LogP contribution < -0.4 is 27.7 Å². The van der Waals surface area contributed by atoms with E-state index in [4.69, 9.17) is 28.1 Å². The Bertz CT molecular complexity index is 1230. The van der Waals surface area contributed by atoms with Crippen LogP contribution in [0.4, 0.5) is 17.6 Å². The van der Waals surface area contributed by atoms with Crippen LogP contribution in [0.2, 0.25) is 5.02 Å². The second kappa shape index (κ2) is 8.75. The number of nitrogens with one attached hydrogen (secondary N) is 2. The Hall–Kier alpha value is -3.42. The monoisotopic (exact) mass is 439 g/mol. The highest BCUT2D eigenvalue weighted by molar-refractivity contribution is 6.35. The average molecular weight is 440 g/mol. The summed E-state index contributed by atoms with van der Waals surface area (Å²) in [6.45, 7) is 1.98. The number of hydrogen-bond acceptors (Lipinski definition) is 9. The van der Waals surface area contributed by atoms with Crippen LogP contribution in [0.5, 0.6) is 0 Å². The van der Waals surface area contributed by atoms with Crippen molar-refractivity contribution in [1.29, 1.82) is 5.26 Å². The van der Waals surface area contributed by atoms with Crippen LogP contribution in [0.15, 0.2) is 23.0 Å². The highest BCUT2D eigenvalue weighted by Crippen LogP contribution is 2.23. The fourth-order valence-corrected chi connectivity index (χ4v) is 4.13. The minimum absolute atomic E-state index is 0.00979. The van der Waals surface area contributed by atoms with Crippen LogP contribution in [-0.2, 0) is 6.42 Å². The normalized spacial score (nSPS) is 16.2. The number of nitriles is 1. The lowest BCUT2D eigenvalue weighted by atomic mass is 10.1. The van der Waals surface area contributed by atoms with Gasteiger partial charge in [-0.15, -0.1) is 0 Å². The molecule has 3 heterocycles. The third-order valence-electron chi connectivity index (χ3n) is 5.30. The number of benzene rings is 1. The Morgan fingerprint density at radius 3 is 2.90 bits per heavy atom. The van der Waals surface area contributed by atoms with Crippen LogP contribution in [0.3, 0.4) is 0 Å². The zero-order valence-electron chi connectivity index (χ0n) is 16.7. The maximum atomic E-state index is 13.4. The number of fused-ring (bicyclic) bond motifs is 1. The first-order valence-corrected chi connectivity index (χ1v) is 10.3.